The van der Waals surface area contributed by atoms with Gasteiger partial charge in [-0.05, 0) is 42.0 Å². The third kappa shape index (κ3) is 3.80. The quantitative estimate of drug-likeness (QED) is 0.941. The Hall–Kier alpha value is -2.39. The average Bonchev–Trinajstić information content (AvgIpc) is 2.41. The summed E-state index contributed by atoms with van der Waals surface area (Å²) >= 11 is 0. The van der Waals surface area contributed by atoms with E-state index in [9.17, 15) is 12.8 Å². The van der Waals surface area contributed by atoms with Gasteiger partial charge in [-0.15, -0.1) is 0 Å². The monoisotopic (exact) mass is 290 g/mol. The second kappa shape index (κ2) is 5.72. The summed E-state index contributed by atoms with van der Waals surface area (Å²) in [6.07, 6.45) is 0. The average molecular weight is 290 g/mol. The summed E-state index contributed by atoms with van der Waals surface area (Å²) in [7, 11) is -3.58. The van der Waals surface area contributed by atoms with Crippen molar-refractivity contribution in [1.82, 2.24) is 0 Å². The molecule has 0 saturated carbocycles. The molecule has 0 amide bonds. The van der Waals surface area contributed by atoms with Gasteiger partial charge < -0.3 is 0 Å². The van der Waals surface area contributed by atoms with Crippen LogP contribution >= 0.6 is 0 Å². The number of hydrogen-bond donors (Lipinski definition) is 1. The number of halogens is 1. The molecular formula is C14H11FN2O2S. The summed E-state index contributed by atoms with van der Waals surface area (Å²) in [4.78, 5) is 0. The number of rotatable bonds is 4. The maximum Gasteiger partial charge on any atom is 0.236 e. The van der Waals surface area contributed by atoms with E-state index in [0.29, 0.717) is 16.8 Å². The highest BCUT2D eigenvalue weighted by molar-refractivity contribution is 7.91. The molecule has 2 rings (SSSR count). The minimum absolute atomic E-state index is 0.212. The minimum Gasteiger partial charge on any atom is -0.283 e. The molecule has 0 radical (unpaired) electrons. The van der Waals surface area contributed by atoms with E-state index in [1.807, 2.05) is 6.07 Å². The molecule has 1 N–H and O–H groups in total. The molecule has 0 fully saturated rings. The molecule has 4 nitrogen and oxygen atoms in total. The molecule has 0 bridgehead atoms. The first-order chi connectivity index (χ1) is 9.48. The molecule has 0 aliphatic carbocycles. The van der Waals surface area contributed by atoms with Crippen molar-refractivity contribution in [3.63, 3.8) is 0 Å². The predicted molar refractivity (Wildman–Crippen MR) is 73.8 cm³/mol. The fourth-order valence-corrected chi connectivity index (χ4v) is 2.83. The van der Waals surface area contributed by atoms with Gasteiger partial charge in [-0.3, -0.25) is 4.72 Å². The first-order valence-electron chi connectivity index (χ1n) is 5.74. The molecule has 0 spiro atoms. The van der Waals surface area contributed by atoms with Crippen molar-refractivity contribution in [2.24, 2.45) is 0 Å². The standard InChI is InChI=1S/C14H11FN2O2S/c15-13-5-7-14(8-6-13)17-20(18,19)10-12-3-1-11(9-16)2-4-12/h1-8,17H,10H2. The fraction of sp³-hybridized carbons (Fsp3) is 0.0714. The molecule has 0 unspecified atom stereocenters. The summed E-state index contributed by atoms with van der Waals surface area (Å²) < 4.78 is 39.0. The van der Waals surface area contributed by atoms with Gasteiger partial charge in [0.05, 0.1) is 17.4 Å². The highest BCUT2D eigenvalue weighted by atomic mass is 32.2. The second-order valence-electron chi connectivity index (χ2n) is 4.18. The first-order valence-corrected chi connectivity index (χ1v) is 7.39. The molecule has 0 aromatic heterocycles. The molecule has 6 heteroatoms. The Labute approximate surface area is 116 Å². The lowest BCUT2D eigenvalue weighted by Crippen LogP contribution is -2.15. The zero-order valence-corrected chi connectivity index (χ0v) is 11.2. The number of nitrogens with one attached hydrogen (secondary N) is 1. The van der Waals surface area contributed by atoms with Crippen LogP contribution in [0.5, 0.6) is 0 Å². The molecule has 2 aromatic carbocycles. The van der Waals surface area contributed by atoms with Crippen molar-refractivity contribution in [2.75, 3.05) is 4.72 Å². The Morgan fingerprint density at radius 1 is 1.05 bits per heavy atom. The SMILES string of the molecule is N#Cc1ccc(CS(=O)(=O)Nc2ccc(F)cc2)cc1. The molecule has 102 valence electrons. The van der Waals surface area contributed by atoms with Gasteiger partial charge in [0.15, 0.2) is 0 Å². The van der Waals surface area contributed by atoms with Crippen LogP contribution < -0.4 is 4.72 Å². The van der Waals surface area contributed by atoms with E-state index < -0.39 is 15.8 Å². The van der Waals surface area contributed by atoms with Crippen LogP contribution in [0.1, 0.15) is 11.1 Å². The fourth-order valence-electron chi connectivity index (χ4n) is 1.63. The van der Waals surface area contributed by atoms with E-state index in [1.54, 1.807) is 24.3 Å². The van der Waals surface area contributed by atoms with Crippen LogP contribution in [0.15, 0.2) is 48.5 Å². The van der Waals surface area contributed by atoms with E-state index in [2.05, 4.69) is 4.72 Å². The van der Waals surface area contributed by atoms with E-state index in [4.69, 9.17) is 5.26 Å². The number of nitrogens with zero attached hydrogens (tertiary/aromatic N) is 1. The molecule has 0 saturated heterocycles. The lowest BCUT2D eigenvalue weighted by molar-refractivity contribution is 0.600. The summed E-state index contributed by atoms with van der Waals surface area (Å²) in [6, 6.07) is 13.3. The van der Waals surface area contributed by atoms with Crippen molar-refractivity contribution >= 4 is 15.7 Å². The van der Waals surface area contributed by atoms with Crippen LogP contribution in [-0.4, -0.2) is 8.42 Å². The van der Waals surface area contributed by atoms with Crippen LogP contribution in [0.4, 0.5) is 10.1 Å². The van der Waals surface area contributed by atoms with Gasteiger partial charge >= 0.3 is 0 Å². The Balaban J connectivity index is 2.10. The lowest BCUT2D eigenvalue weighted by atomic mass is 10.2. The van der Waals surface area contributed by atoms with Crippen LogP contribution in [0.3, 0.4) is 0 Å². The normalized spacial score (nSPS) is 10.8. The van der Waals surface area contributed by atoms with Gasteiger partial charge in [0.1, 0.15) is 5.82 Å². The van der Waals surface area contributed by atoms with E-state index >= 15 is 0 Å². The number of hydrogen-bond acceptors (Lipinski definition) is 3. The number of nitriles is 1. The van der Waals surface area contributed by atoms with Gasteiger partial charge in [-0.25, -0.2) is 12.8 Å². The van der Waals surface area contributed by atoms with E-state index in [1.165, 1.54) is 24.3 Å². The lowest BCUT2D eigenvalue weighted by Gasteiger charge is -2.08. The Bertz CT molecular complexity index is 732. The van der Waals surface area contributed by atoms with Crippen LogP contribution in [0.25, 0.3) is 0 Å². The molecule has 20 heavy (non-hydrogen) atoms. The zero-order valence-electron chi connectivity index (χ0n) is 10.4. The Kier molecular flexibility index (Phi) is 4.01. The van der Waals surface area contributed by atoms with Gasteiger partial charge in [-0.1, -0.05) is 12.1 Å². The minimum atomic E-state index is -3.58. The molecule has 0 atom stereocenters. The van der Waals surface area contributed by atoms with Crippen molar-refractivity contribution < 1.29 is 12.8 Å². The van der Waals surface area contributed by atoms with E-state index in [0.717, 1.165) is 0 Å². The largest absolute Gasteiger partial charge is 0.283 e. The molecule has 0 aliphatic heterocycles. The Morgan fingerprint density at radius 2 is 1.65 bits per heavy atom. The Morgan fingerprint density at radius 3 is 2.20 bits per heavy atom. The number of anilines is 1. The highest BCUT2D eigenvalue weighted by Gasteiger charge is 2.11. The molecule has 0 aliphatic rings. The van der Waals surface area contributed by atoms with Crippen molar-refractivity contribution in [2.45, 2.75) is 5.75 Å². The number of sulfonamides is 1. The van der Waals surface area contributed by atoms with Crippen molar-refractivity contribution in [3.05, 3.63) is 65.5 Å². The topological polar surface area (TPSA) is 70.0 Å². The second-order valence-corrected chi connectivity index (χ2v) is 5.90. The van der Waals surface area contributed by atoms with Crippen LogP contribution in [0, 0.1) is 17.1 Å². The van der Waals surface area contributed by atoms with Crippen molar-refractivity contribution in [3.8, 4) is 6.07 Å². The maximum atomic E-state index is 12.7. The van der Waals surface area contributed by atoms with Gasteiger partial charge in [0.25, 0.3) is 0 Å². The summed E-state index contributed by atoms with van der Waals surface area (Å²) in [5.74, 6) is -0.643. The molecule has 0 heterocycles. The maximum absolute atomic E-state index is 12.7. The zero-order chi connectivity index (χ0) is 14.6. The summed E-state index contributed by atoms with van der Waals surface area (Å²) in [5.41, 5.74) is 1.34. The third-order valence-corrected chi connectivity index (χ3v) is 3.82. The van der Waals surface area contributed by atoms with E-state index in [-0.39, 0.29) is 5.75 Å². The van der Waals surface area contributed by atoms with Crippen molar-refractivity contribution in [1.29, 1.82) is 5.26 Å². The van der Waals surface area contributed by atoms with Gasteiger partial charge in [0.2, 0.25) is 10.0 Å². The van der Waals surface area contributed by atoms with Gasteiger partial charge in [0, 0.05) is 5.69 Å². The molecular weight excluding hydrogens is 279 g/mol. The van der Waals surface area contributed by atoms with Crippen LogP contribution in [-0.2, 0) is 15.8 Å². The smallest absolute Gasteiger partial charge is 0.236 e. The summed E-state index contributed by atoms with van der Waals surface area (Å²) in [5, 5.41) is 8.67. The highest BCUT2D eigenvalue weighted by Crippen LogP contribution is 2.14. The van der Waals surface area contributed by atoms with Crippen LogP contribution in [0.2, 0.25) is 0 Å². The summed E-state index contributed by atoms with van der Waals surface area (Å²) in [6.45, 7) is 0. The predicted octanol–water partition coefficient (Wildman–Crippen LogP) is 2.64. The first kappa shape index (κ1) is 14.0. The van der Waals surface area contributed by atoms with Gasteiger partial charge in [-0.2, -0.15) is 5.26 Å². The number of benzene rings is 2. The molecule has 2 aromatic rings. The third-order valence-electron chi connectivity index (χ3n) is 2.56.